The van der Waals surface area contributed by atoms with E-state index >= 15 is 0 Å². The zero-order chi connectivity index (χ0) is 36.0. The van der Waals surface area contributed by atoms with Crippen LogP contribution < -0.4 is 4.90 Å². The van der Waals surface area contributed by atoms with Gasteiger partial charge in [0.15, 0.2) is 0 Å². The maximum atomic E-state index is 2.50. The SMILES string of the molecule is CC1(c2ccccc2)c2ccccc2-c2ccc(N(c3ccc4c(c3)C(C)(c3ccccc3)c3ccccc3-4)c3ccc4sc5ccccc5c4c3)cc21. The minimum Gasteiger partial charge on any atom is -0.310 e. The van der Waals surface area contributed by atoms with E-state index in [-0.39, 0.29) is 10.8 Å². The van der Waals surface area contributed by atoms with Gasteiger partial charge in [-0.15, -0.1) is 11.3 Å². The fraction of sp³-hybridized carbons (Fsp3) is 0.0769. The van der Waals surface area contributed by atoms with Gasteiger partial charge in [0.25, 0.3) is 0 Å². The minimum atomic E-state index is -0.298. The van der Waals surface area contributed by atoms with Crippen LogP contribution in [0.15, 0.2) is 188 Å². The highest BCUT2D eigenvalue weighted by atomic mass is 32.1. The molecule has 0 radical (unpaired) electrons. The van der Waals surface area contributed by atoms with E-state index < -0.39 is 0 Å². The molecule has 9 aromatic rings. The van der Waals surface area contributed by atoms with E-state index in [2.05, 4.69) is 207 Å². The lowest BCUT2D eigenvalue weighted by Gasteiger charge is -2.32. The second-order valence-electron chi connectivity index (χ2n) is 15.1. The first-order valence-corrected chi connectivity index (χ1v) is 19.7. The summed E-state index contributed by atoms with van der Waals surface area (Å²) in [4.78, 5) is 2.50. The van der Waals surface area contributed by atoms with E-state index in [1.54, 1.807) is 0 Å². The van der Waals surface area contributed by atoms with Crippen molar-refractivity contribution in [3.63, 3.8) is 0 Å². The monoisotopic (exact) mass is 707 g/mol. The standard InChI is InChI=1S/C52H37NS/c1-51(34-15-5-3-6-16-34)45-22-12-9-19-39(45)41-28-25-37(32-47(41)51)53(36-27-30-50-44(31-36)43-21-11-14-24-49(43)54-50)38-26-29-42-40-20-10-13-23-46(40)52(2,48(42)33-38)35-17-7-4-8-18-35/h3-33H,1-2H3. The molecule has 256 valence electrons. The molecule has 0 amide bonds. The average Bonchev–Trinajstić information content (AvgIpc) is 3.83. The number of hydrogen-bond donors (Lipinski definition) is 0. The second kappa shape index (κ2) is 11.6. The van der Waals surface area contributed by atoms with Crippen molar-refractivity contribution < 1.29 is 0 Å². The average molecular weight is 708 g/mol. The van der Waals surface area contributed by atoms with Gasteiger partial charge in [0.1, 0.15) is 0 Å². The van der Waals surface area contributed by atoms with Crippen molar-refractivity contribution in [3.8, 4) is 22.3 Å². The molecule has 1 nitrogen and oxygen atoms in total. The third-order valence-corrected chi connectivity index (χ3v) is 13.6. The lowest BCUT2D eigenvalue weighted by molar-refractivity contribution is 0.713. The maximum absolute atomic E-state index is 2.50. The Balaban J connectivity index is 1.17. The van der Waals surface area contributed by atoms with Gasteiger partial charge < -0.3 is 4.90 Å². The van der Waals surface area contributed by atoms with E-state index in [0.29, 0.717) is 0 Å². The van der Waals surface area contributed by atoms with E-state index in [4.69, 9.17) is 0 Å². The summed E-state index contributed by atoms with van der Waals surface area (Å²) in [5.41, 5.74) is 16.1. The van der Waals surface area contributed by atoms with Gasteiger partial charge in [-0.05, 0) is 118 Å². The van der Waals surface area contributed by atoms with Gasteiger partial charge in [-0.3, -0.25) is 0 Å². The van der Waals surface area contributed by atoms with Gasteiger partial charge in [-0.25, -0.2) is 0 Å². The molecule has 2 aliphatic carbocycles. The highest BCUT2D eigenvalue weighted by Crippen LogP contribution is 2.56. The molecule has 8 aromatic carbocycles. The number of benzene rings is 8. The summed E-state index contributed by atoms with van der Waals surface area (Å²) >= 11 is 1.87. The van der Waals surface area contributed by atoms with Crippen LogP contribution in [0.4, 0.5) is 17.1 Å². The Morgan fingerprint density at radius 3 is 1.35 bits per heavy atom. The fourth-order valence-corrected chi connectivity index (χ4v) is 10.8. The number of fused-ring (bicyclic) bond motifs is 9. The van der Waals surface area contributed by atoms with E-state index in [1.807, 2.05) is 11.3 Å². The van der Waals surface area contributed by atoms with Gasteiger partial charge in [0.05, 0.1) is 0 Å². The van der Waals surface area contributed by atoms with Crippen LogP contribution in [0, 0.1) is 0 Å². The molecule has 1 heterocycles. The molecule has 0 spiro atoms. The van der Waals surface area contributed by atoms with Crippen molar-refractivity contribution in [1.82, 2.24) is 0 Å². The molecule has 2 aliphatic rings. The van der Waals surface area contributed by atoms with Crippen LogP contribution in [0.3, 0.4) is 0 Å². The summed E-state index contributed by atoms with van der Waals surface area (Å²) < 4.78 is 2.63. The number of anilines is 3. The quantitative estimate of drug-likeness (QED) is 0.172. The number of hydrogen-bond acceptors (Lipinski definition) is 2. The molecule has 2 unspecified atom stereocenters. The van der Waals surface area contributed by atoms with Gasteiger partial charge >= 0.3 is 0 Å². The molecule has 0 aliphatic heterocycles. The predicted molar refractivity (Wildman–Crippen MR) is 229 cm³/mol. The summed E-state index contributed by atoms with van der Waals surface area (Å²) in [6.45, 7) is 4.81. The van der Waals surface area contributed by atoms with Crippen LogP contribution in [-0.2, 0) is 10.8 Å². The van der Waals surface area contributed by atoms with Crippen molar-refractivity contribution in [2.75, 3.05) is 4.90 Å². The third kappa shape index (κ3) is 4.32. The topological polar surface area (TPSA) is 3.24 Å². The van der Waals surface area contributed by atoms with Crippen molar-refractivity contribution >= 4 is 48.6 Å². The minimum absolute atomic E-state index is 0.298. The summed E-state index contributed by atoms with van der Waals surface area (Å²) in [5.74, 6) is 0. The van der Waals surface area contributed by atoms with Gasteiger partial charge in [0.2, 0.25) is 0 Å². The molecule has 0 saturated carbocycles. The smallest absolute Gasteiger partial charge is 0.0468 e. The Kier molecular flexibility index (Phi) is 6.75. The van der Waals surface area contributed by atoms with Crippen LogP contribution >= 0.6 is 11.3 Å². The number of nitrogens with zero attached hydrogens (tertiary/aromatic N) is 1. The summed E-state index contributed by atoms with van der Waals surface area (Å²) in [5, 5.41) is 2.60. The summed E-state index contributed by atoms with van der Waals surface area (Å²) in [6.07, 6.45) is 0. The van der Waals surface area contributed by atoms with Crippen molar-refractivity contribution in [3.05, 3.63) is 221 Å². The second-order valence-corrected chi connectivity index (χ2v) is 16.2. The predicted octanol–water partition coefficient (Wildman–Crippen LogP) is 14.2. The highest BCUT2D eigenvalue weighted by molar-refractivity contribution is 7.25. The molecule has 0 saturated heterocycles. The lowest BCUT2D eigenvalue weighted by atomic mass is 9.74. The third-order valence-electron chi connectivity index (χ3n) is 12.4. The first-order valence-electron chi connectivity index (χ1n) is 18.8. The van der Waals surface area contributed by atoms with Crippen molar-refractivity contribution in [2.24, 2.45) is 0 Å². The lowest BCUT2D eigenvalue weighted by Crippen LogP contribution is -2.23. The van der Waals surface area contributed by atoms with Crippen molar-refractivity contribution in [1.29, 1.82) is 0 Å². The summed E-state index contributed by atoms with van der Waals surface area (Å²) in [6, 6.07) is 70.2. The molecule has 0 bridgehead atoms. The highest BCUT2D eigenvalue weighted by Gasteiger charge is 2.43. The molecule has 0 N–H and O–H groups in total. The molecule has 2 heteroatoms. The Hall–Kier alpha value is -6.22. The summed E-state index contributed by atoms with van der Waals surface area (Å²) in [7, 11) is 0. The largest absolute Gasteiger partial charge is 0.310 e. The number of thiophene rings is 1. The Morgan fingerprint density at radius 2 is 0.778 bits per heavy atom. The molecule has 1 aromatic heterocycles. The van der Waals surface area contributed by atoms with E-state index in [1.165, 1.54) is 75.8 Å². The van der Waals surface area contributed by atoms with Crippen LogP contribution in [0.5, 0.6) is 0 Å². The van der Waals surface area contributed by atoms with Crippen molar-refractivity contribution in [2.45, 2.75) is 24.7 Å². The Bertz CT molecular complexity index is 2780. The normalized spacial score (nSPS) is 18.0. The zero-order valence-corrected chi connectivity index (χ0v) is 31.1. The molecule has 54 heavy (non-hydrogen) atoms. The molecule has 0 fully saturated rings. The van der Waals surface area contributed by atoms with E-state index in [0.717, 1.165) is 17.1 Å². The van der Waals surface area contributed by atoms with E-state index in [9.17, 15) is 0 Å². The molecular weight excluding hydrogens is 671 g/mol. The van der Waals surface area contributed by atoms with Crippen LogP contribution in [0.2, 0.25) is 0 Å². The Labute approximate surface area is 320 Å². The first-order chi connectivity index (χ1) is 26.5. The van der Waals surface area contributed by atoms with Crippen LogP contribution in [0.25, 0.3) is 42.4 Å². The van der Waals surface area contributed by atoms with Crippen LogP contribution in [-0.4, -0.2) is 0 Å². The molecular formula is C52H37NS. The molecule has 2 atom stereocenters. The van der Waals surface area contributed by atoms with Gasteiger partial charge in [-0.1, -0.05) is 140 Å². The maximum Gasteiger partial charge on any atom is 0.0468 e. The van der Waals surface area contributed by atoms with Gasteiger partial charge in [0, 0.05) is 48.1 Å². The number of rotatable bonds is 5. The van der Waals surface area contributed by atoms with Crippen LogP contribution in [0.1, 0.15) is 47.2 Å². The fourth-order valence-electron chi connectivity index (χ4n) is 9.70. The zero-order valence-electron chi connectivity index (χ0n) is 30.3. The molecule has 11 rings (SSSR count). The Morgan fingerprint density at radius 1 is 0.352 bits per heavy atom. The first kappa shape index (κ1) is 31.3. The van der Waals surface area contributed by atoms with Gasteiger partial charge in [-0.2, -0.15) is 0 Å².